The minimum atomic E-state index is -0.451. The van der Waals surface area contributed by atoms with Crippen LogP contribution in [0.25, 0.3) is 0 Å². The van der Waals surface area contributed by atoms with Gasteiger partial charge in [0, 0.05) is 24.6 Å². The van der Waals surface area contributed by atoms with Crippen molar-refractivity contribution in [2.24, 2.45) is 5.92 Å². The largest absolute Gasteiger partial charge is 0.353 e. The second kappa shape index (κ2) is 8.82. The molecule has 1 heterocycles. The number of nitro groups is 1. The van der Waals surface area contributed by atoms with Crippen molar-refractivity contribution in [2.45, 2.75) is 57.5 Å². The highest BCUT2D eigenvalue weighted by Gasteiger charge is 2.27. The van der Waals surface area contributed by atoms with Crippen molar-refractivity contribution in [3.05, 3.63) is 38.9 Å². The Kier molecular flexibility index (Phi) is 6.48. The van der Waals surface area contributed by atoms with Crippen LogP contribution in [0.2, 0.25) is 5.02 Å². The van der Waals surface area contributed by atoms with Crippen LogP contribution in [0.3, 0.4) is 0 Å². The number of nitrogens with zero attached hydrogens (tertiary/aromatic N) is 2. The first-order valence-electron chi connectivity index (χ1n) is 9.49. The predicted molar refractivity (Wildman–Crippen MR) is 101 cm³/mol. The molecule has 0 aromatic heterocycles. The monoisotopic (exact) mass is 379 g/mol. The van der Waals surface area contributed by atoms with E-state index in [2.05, 4.69) is 10.2 Å². The maximum absolute atomic E-state index is 12.5. The highest BCUT2D eigenvalue weighted by molar-refractivity contribution is 6.33. The SMILES string of the molecule is O=C(NC1CCCCC1)C1CCN(Cc2cccc([N+](=O)[O-])c2Cl)CC1. The quantitative estimate of drug-likeness (QED) is 0.621. The third-order valence-corrected chi connectivity index (χ3v) is 6.00. The molecule has 7 heteroatoms. The second-order valence-electron chi connectivity index (χ2n) is 7.40. The molecule has 1 aromatic carbocycles. The number of benzene rings is 1. The van der Waals surface area contributed by atoms with Crippen LogP contribution in [0.5, 0.6) is 0 Å². The minimum Gasteiger partial charge on any atom is -0.353 e. The topological polar surface area (TPSA) is 75.5 Å². The van der Waals surface area contributed by atoms with E-state index in [0.29, 0.717) is 12.6 Å². The molecule has 0 bridgehead atoms. The Bertz CT molecular complexity index is 653. The van der Waals surface area contributed by atoms with Gasteiger partial charge < -0.3 is 5.32 Å². The second-order valence-corrected chi connectivity index (χ2v) is 7.78. The average molecular weight is 380 g/mol. The Balaban J connectivity index is 1.50. The number of likely N-dealkylation sites (tertiary alicyclic amines) is 1. The Morgan fingerprint density at radius 2 is 1.88 bits per heavy atom. The molecule has 2 fully saturated rings. The zero-order valence-electron chi connectivity index (χ0n) is 15.0. The molecular formula is C19H26ClN3O3. The normalized spacial score (nSPS) is 20.0. The Labute approximate surface area is 159 Å². The molecule has 0 atom stereocenters. The fraction of sp³-hybridized carbons (Fsp3) is 0.632. The fourth-order valence-electron chi connectivity index (χ4n) is 3.99. The number of hydrogen-bond acceptors (Lipinski definition) is 4. The van der Waals surface area contributed by atoms with Crippen LogP contribution < -0.4 is 5.32 Å². The lowest BCUT2D eigenvalue weighted by molar-refractivity contribution is -0.384. The number of piperidine rings is 1. The average Bonchev–Trinajstić information content (AvgIpc) is 2.64. The van der Waals surface area contributed by atoms with E-state index >= 15 is 0 Å². The summed E-state index contributed by atoms with van der Waals surface area (Å²) < 4.78 is 0. The standard InChI is InChI=1S/C19H26ClN3O3/c20-18-15(5-4-8-17(18)23(25)26)13-22-11-9-14(10-12-22)19(24)21-16-6-2-1-3-7-16/h4-5,8,14,16H,1-3,6-7,9-13H2,(H,21,24). The maximum atomic E-state index is 12.5. The van der Waals surface area contributed by atoms with Crippen molar-refractivity contribution in [1.29, 1.82) is 0 Å². The number of carbonyl (C=O) groups is 1. The molecule has 26 heavy (non-hydrogen) atoms. The first-order valence-corrected chi connectivity index (χ1v) is 9.87. The molecule has 0 spiro atoms. The molecule has 0 radical (unpaired) electrons. The van der Waals surface area contributed by atoms with Gasteiger partial charge in [-0.15, -0.1) is 0 Å². The highest BCUT2D eigenvalue weighted by Crippen LogP contribution is 2.30. The molecule has 1 aliphatic heterocycles. The van der Waals surface area contributed by atoms with Gasteiger partial charge in [0.05, 0.1) is 4.92 Å². The molecule has 3 rings (SSSR count). The number of nitro benzene ring substituents is 1. The van der Waals surface area contributed by atoms with E-state index in [9.17, 15) is 14.9 Å². The molecule has 1 saturated carbocycles. The lowest BCUT2D eigenvalue weighted by atomic mass is 9.92. The minimum absolute atomic E-state index is 0.0501. The number of amides is 1. The molecule has 2 aliphatic rings. The summed E-state index contributed by atoms with van der Waals surface area (Å²) in [7, 11) is 0. The first kappa shape index (κ1) is 19.1. The van der Waals surface area contributed by atoms with E-state index < -0.39 is 4.92 Å². The zero-order chi connectivity index (χ0) is 18.5. The van der Waals surface area contributed by atoms with Crippen molar-refractivity contribution >= 4 is 23.2 Å². The number of nitrogens with one attached hydrogen (secondary N) is 1. The summed E-state index contributed by atoms with van der Waals surface area (Å²) in [5.41, 5.74) is 0.719. The van der Waals surface area contributed by atoms with Crippen molar-refractivity contribution in [3.8, 4) is 0 Å². The van der Waals surface area contributed by atoms with Gasteiger partial charge in [-0.1, -0.05) is 43.0 Å². The summed E-state index contributed by atoms with van der Waals surface area (Å²) in [6, 6.07) is 5.28. The molecule has 1 aliphatic carbocycles. The van der Waals surface area contributed by atoms with Gasteiger partial charge in [-0.3, -0.25) is 19.8 Å². The summed E-state index contributed by atoms with van der Waals surface area (Å²) in [5, 5.41) is 14.5. The molecule has 0 unspecified atom stereocenters. The van der Waals surface area contributed by atoms with E-state index in [4.69, 9.17) is 11.6 Å². The Morgan fingerprint density at radius 3 is 2.54 bits per heavy atom. The van der Waals surface area contributed by atoms with E-state index in [-0.39, 0.29) is 22.5 Å². The van der Waals surface area contributed by atoms with E-state index in [1.165, 1.54) is 25.3 Å². The van der Waals surface area contributed by atoms with Crippen molar-refractivity contribution in [3.63, 3.8) is 0 Å². The Hall–Kier alpha value is -1.66. The number of rotatable bonds is 5. The van der Waals surface area contributed by atoms with E-state index in [1.54, 1.807) is 6.07 Å². The van der Waals surface area contributed by atoms with Gasteiger partial charge in [-0.05, 0) is 44.3 Å². The summed E-state index contributed by atoms with van der Waals surface area (Å²) in [6.07, 6.45) is 7.58. The number of carbonyl (C=O) groups excluding carboxylic acids is 1. The molecule has 1 N–H and O–H groups in total. The van der Waals surface area contributed by atoms with Gasteiger partial charge in [0.25, 0.3) is 5.69 Å². The van der Waals surface area contributed by atoms with E-state index in [1.807, 2.05) is 6.07 Å². The lowest BCUT2D eigenvalue weighted by Gasteiger charge is -2.32. The third-order valence-electron chi connectivity index (χ3n) is 5.56. The third kappa shape index (κ3) is 4.74. The molecule has 1 amide bonds. The number of halogens is 1. The van der Waals surface area contributed by atoms with Crippen molar-refractivity contribution in [1.82, 2.24) is 10.2 Å². The van der Waals surface area contributed by atoms with Gasteiger partial charge in [-0.2, -0.15) is 0 Å². The summed E-state index contributed by atoms with van der Waals surface area (Å²) >= 11 is 6.18. The molecule has 6 nitrogen and oxygen atoms in total. The fourth-order valence-corrected chi connectivity index (χ4v) is 4.24. The van der Waals surface area contributed by atoms with Crippen molar-refractivity contribution < 1.29 is 9.72 Å². The summed E-state index contributed by atoms with van der Waals surface area (Å²) in [4.78, 5) is 25.3. The van der Waals surface area contributed by atoms with Crippen LogP contribution in [-0.2, 0) is 11.3 Å². The van der Waals surface area contributed by atoms with Gasteiger partial charge in [0.1, 0.15) is 5.02 Å². The predicted octanol–water partition coefficient (Wildman–Crippen LogP) is 3.91. The van der Waals surface area contributed by atoms with Crippen molar-refractivity contribution in [2.75, 3.05) is 13.1 Å². The van der Waals surface area contributed by atoms with Crippen LogP contribution in [0.1, 0.15) is 50.5 Å². The van der Waals surface area contributed by atoms with Gasteiger partial charge in [0.15, 0.2) is 0 Å². The van der Waals surface area contributed by atoms with Gasteiger partial charge in [0.2, 0.25) is 5.91 Å². The number of hydrogen-bond donors (Lipinski definition) is 1. The van der Waals surface area contributed by atoms with Gasteiger partial charge in [-0.25, -0.2) is 0 Å². The zero-order valence-corrected chi connectivity index (χ0v) is 15.7. The molecule has 1 aromatic rings. The maximum Gasteiger partial charge on any atom is 0.288 e. The van der Waals surface area contributed by atoms with Crippen LogP contribution in [0.4, 0.5) is 5.69 Å². The van der Waals surface area contributed by atoms with Crippen LogP contribution in [-0.4, -0.2) is 34.9 Å². The molecular weight excluding hydrogens is 354 g/mol. The first-order chi connectivity index (χ1) is 12.5. The van der Waals surface area contributed by atoms with Gasteiger partial charge >= 0.3 is 0 Å². The summed E-state index contributed by atoms with van der Waals surface area (Å²) in [5.74, 6) is 0.277. The Morgan fingerprint density at radius 1 is 1.19 bits per heavy atom. The lowest BCUT2D eigenvalue weighted by Crippen LogP contribution is -2.44. The smallest absolute Gasteiger partial charge is 0.288 e. The van der Waals surface area contributed by atoms with Crippen LogP contribution in [0.15, 0.2) is 18.2 Å². The molecule has 142 valence electrons. The van der Waals surface area contributed by atoms with E-state index in [0.717, 1.165) is 44.3 Å². The van der Waals surface area contributed by atoms with Crippen LogP contribution in [0, 0.1) is 16.0 Å². The highest BCUT2D eigenvalue weighted by atomic mass is 35.5. The molecule has 1 saturated heterocycles. The van der Waals surface area contributed by atoms with Crippen LogP contribution >= 0.6 is 11.6 Å². The summed E-state index contributed by atoms with van der Waals surface area (Å²) in [6.45, 7) is 2.20.